The van der Waals surface area contributed by atoms with Crippen LogP contribution in [0.3, 0.4) is 0 Å². The van der Waals surface area contributed by atoms with Crippen LogP contribution in [-0.2, 0) is 16.1 Å². The molecular weight excluding hydrogens is 368 g/mol. The highest BCUT2D eigenvalue weighted by Crippen LogP contribution is 2.35. The number of rotatable bonds is 6. The number of primary amides is 1. The third-order valence-corrected chi connectivity index (χ3v) is 5.01. The molecule has 0 unspecified atom stereocenters. The Morgan fingerprint density at radius 2 is 1.85 bits per heavy atom. The number of thioether (sulfide) groups is 1. The first-order valence-corrected chi connectivity index (χ1v) is 9.06. The van der Waals surface area contributed by atoms with Crippen LogP contribution in [0.15, 0.2) is 59.5 Å². The summed E-state index contributed by atoms with van der Waals surface area (Å²) in [6.45, 7) is 0.211. The zero-order valence-corrected chi connectivity index (χ0v) is 15.4. The summed E-state index contributed by atoms with van der Waals surface area (Å²) < 4.78 is 5.92. The summed E-state index contributed by atoms with van der Waals surface area (Å²) in [7, 11) is 0. The van der Waals surface area contributed by atoms with Crippen molar-refractivity contribution in [1.82, 2.24) is 4.90 Å². The van der Waals surface area contributed by atoms with Gasteiger partial charge in [-0.15, -0.1) is 0 Å². The summed E-state index contributed by atoms with van der Waals surface area (Å²) in [5.41, 5.74) is 6.82. The molecule has 3 rings (SSSR count). The van der Waals surface area contributed by atoms with Gasteiger partial charge in [0.25, 0.3) is 11.8 Å². The van der Waals surface area contributed by atoms with Crippen LogP contribution < -0.4 is 10.5 Å². The minimum atomic E-state index is -0.561. The number of ether oxygens (including phenoxy) is 1. The first kappa shape index (κ1) is 18.2. The number of nitrogens with two attached hydrogens (primary N) is 1. The van der Waals surface area contributed by atoms with Crippen LogP contribution in [0.1, 0.15) is 11.1 Å². The van der Waals surface area contributed by atoms with E-state index in [1.165, 1.54) is 11.8 Å². The summed E-state index contributed by atoms with van der Waals surface area (Å²) in [5, 5.41) is 0. The van der Waals surface area contributed by atoms with Gasteiger partial charge in [-0.25, -0.2) is 0 Å². The zero-order chi connectivity index (χ0) is 18.5. The van der Waals surface area contributed by atoms with Crippen molar-refractivity contribution in [3.8, 4) is 5.75 Å². The Balaban J connectivity index is 1.81. The van der Waals surface area contributed by atoms with Gasteiger partial charge in [-0.05, 0) is 17.7 Å². The first-order valence-electron chi connectivity index (χ1n) is 7.84. The van der Waals surface area contributed by atoms with Crippen LogP contribution in [0.5, 0.6) is 5.75 Å². The molecule has 26 heavy (non-hydrogen) atoms. The van der Waals surface area contributed by atoms with Crippen molar-refractivity contribution in [3.05, 3.63) is 70.6 Å². The topological polar surface area (TPSA) is 72.6 Å². The molecule has 0 spiro atoms. The number of nitrogens with zero attached hydrogens (tertiary/aromatic N) is 1. The molecule has 1 fully saturated rings. The SMILES string of the molecule is NC(=O)COc1ccccc1/C=C1\SC(=S)N(Cc2ccccc2)C1=O. The number of hydrogen-bond acceptors (Lipinski definition) is 5. The van der Waals surface area contributed by atoms with Gasteiger partial charge < -0.3 is 10.5 Å². The summed E-state index contributed by atoms with van der Waals surface area (Å²) in [6.07, 6.45) is 1.72. The summed E-state index contributed by atoms with van der Waals surface area (Å²) in [6, 6.07) is 16.8. The van der Waals surface area contributed by atoms with E-state index in [2.05, 4.69) is 0 Å². The fourth-order valence-electron chi connectivity index (χ4n) is 2.42. The van der Waals surface area contributed by atoms with Crippen LogP contribution in [0.25, 0.3) is 6.08 Å². The van der Waals surface area contributed by atoms with E-state index in [1.54, 1.807) is 29.2 Å². The molecule has 2 amide bonds. The van der Waals surface area contributed by atoms with E-state index in [9.17, 15) is 9.59 Å². The summed E-state index contributed by atoms with van der Waals surface area (Å²) >= 11 is 6.61. The molecule has 0 bridgehead atoms. The van der Waals surface area contributed by atoms with Crippen molar-refractivity contribution < 1.29 is 14.3 Å². The third kappa shape index (κ3) is 4.30. The fraction of sp³-hybridized carbons (Fsp3) is 0.105. The summed E-state index contributed by atoms with van der Waals surface area (Å²) in [4.78, 5) is 25.8. The van der Waals surface area contributed by atoms with Gasteiger partial charge in [0, 0.05) is 5.56 Å². The molecule has 7 heteroatoms. The van der Waals surface area contributed by atoms with Gasteiger partial charge >= 0.3 is 0 Å². The third-order valence-electron chi connectivity index (χ3n) is 3.63. The Kier molecular flexibility index (Phi) is 5.70. The molecule has 132 valence electrons. The average molecular weight is 384 g/mol. The van der Waals surface area contributed by atoms with Crippen LogP contribution >= 0.6 is 24.0 Å². The second kappa shape index (κ2) is 8.16. The highest BCUT2D eigenvalue weighted by Gasteiger charge is 2.32. The van der Waals surface area contributed by atoms with Crippen molar-refractivity contribution in [2.45, 2.75) is 6.54 Å². The smallest absolute Gasteiger partial charge is 0.266 e. The standard InChI is InChI=1S/C19H16N2O3S2/c20-17(22)12-24-15-9-5-4-8-14(15)10-16-18(23)21(19(25)26-16)11-13-6-2-1-3-7-13/h1-10H,11-12H2,(H2,20,22)/b16-10-. The maximum atomic E-state index is 12.7. The summed E-state index contributed by atoms with van der Waals surface area (Å²) in [5.74, 6) is -0.220. The Morgan fingerprint density at radius 3 is 2.58 bits per heavy atom. The average Bonchev–Trinajstić information content (AvgIpc) is 2.89. The molecule has 5 nitrogen and oxygen atoms in total. The molecule has 0 aromatic heterocycles. The van der Waals surface area contributed by atoms with Crippen LogP contribution in [-0.4, -0.2) is 27.6 Å². The fourth-order valence-corrected chi connectivity index (χ4v) is 3.67. The molecule has 1 aliphatic rings. The van der Waals surface area contributed by atoms with Gasteiger partial charge in [-0.1, -0.05) is 72.5 Å². The molecule has 0 saturated carbocycles. The van der Waals surface area contributed by atoms with E-state index < -0.39 is 5.91 Å². The molecule has 1 aliphatic heterocycles. The molecule has 0 atom stereocenters. The maximum Gasteiger partial charge on any atom is 0.266 e. The Hall–Kier alpha value is -2.64. The molecule has 1 heterocycles. The van der Waals surface area contributed by atoms with E-state index in [4.69, 9.17) is 22.7 Å². The lowest BCUT2D eigenvalue weighted by Crippen LogP contribution is -2.27. The van der Waals surface area contributed by atoms with Crippen LogP contribution in [0.4, 0.5) is 0 Å². The normalized spacial score (nSPS) is 15.5. The van der Waals surface area contributed by atoms with E-state index in [1.807, 2.05) is 36.4 Å². The second-order valence-corrected chi connectivity index (χ2v) is 7.22. The van der Waals surface area contributed by atoms with Crippen molar-refractivity contribution in [1.29, 1.82) is 0 Å². The lowest BCUT2D eigenvalue weighted by Gasteiger charge is -2.14. The van der Waals surface area contributed by atoms with Gasteiger partial charge in [0.05, 0.1) is 11.4 Å². The predicted molar refractivity (Wildman–Crippen MR) is 106 cm³/mol. The number of thiocarbonyl (C=S) groups is 1. The van der Waals surface area contributed by atoms with E-state index in [0.29, 0.717) is 27.1 Å². The number of amides is 2. The van der Waals surface area contributed by atoms with E-state index >= 15 is 0 Å². The zero-order valence-electron chi connectivity index (χ0n) is 13.8. The number of hydrogen-bond donors (Lipinski definition) is 1. The van der Waals surface area contributed by atoms with E-state index in [0.717, 1.165) is 5.56 Å². The number of carbonyl (C=O) groups is 2. The first-order chi connectivity index (χ1) is 12.5. The van der Waals surface area contributed by atoms with Gasteiger partial charge in [0.1, 0.15) is 10.1 Å². The molecule has 2 aromatic carbocycles. The quantitative estimate of drug-likeness (QED) is 0.612. The highest BCUT2D eigenvalue weighted by molar-refractivity contribution is 8.26. The Bertz CT molecular complexity index is 881. The molecule has 2 aromatic rings. The molecule has 2 N–H and O–H groups in total. The number of carbonyl (C=O) groups excluding carboxylic acids is 2. The largest absolute Gasteiger partial charge is 0.483 e. The molecule has 0 radical (unpaired) electrons. The van der Waals surface area contributed by atoms with E-state index in [-0.39, 0.29) is 12.5 Å². The minimum absolute atomic E-state index is 0.145. The van der Waals surface area contributed by atoms with Crippen molar-refractivity contribution in [2.75, 3.05) is 6.61 Å². The predicted octanol–water partition coefficient (Wildman–Crippen LogP) is 2.95. The molecule has 0 aliphatic carbocycles. The monoisotopic (exact) mass is 384 g/mol. The van der Waals surface area contributed by atoms with Gasteiger partial charge in [-0.3, -0.25) is 14.5 Å². The van der Waals surface area contributed by atoms with Crippen LogP contribution in [0.2, 0.25) is 0 Å². The second-order valence-electron chi connectivity index (χ2n) is 5.55. The maximum absolute atomic E-state index is 12.7. The number of para-hydroxylation sites is 1. The minimum Gasteiger partial charge on any atom is -0.483 e. The number of benzene rings is 2. The lowest BCUT2D eigenvalue weighted by molar-refractivity contribution is -0.122. The van der Waals surface area contributed by atoms with Crippen molar-refractivity contribution in [3.63, 3.8) is 0 Å². The molecular formula is C19H16N2O3S2. The lowest BCUT2D eigenvalue weighted by atomic mass is 10.1. The Morgan fingerprint density at radius 1 is 1.15 bits per heavy atom. The Labute approximate surface area is 160 Å². The molecule has 1 saturated heterocycles. The highest BCUT2D eigenvalue weighted by atomic mass is 32.2. The van der Waals surface area contributed by atoms with Gasteiger partial charge in [0.2, 0.25) is 0 Å². The van der Waals surface area contributed by atoms with Gasteiger partial charge in [-0.2, -0.15) is 0 Å². The van der Waals surface area contributed by atoms with Crippen molar-refractivity contribution in [2.24, 2.45) is 5.73 Å². The van der Waals surface area contributed by atoms with Crippen molar-refractivity contribution >= 4 is 46.2 Å². The van der Waals surface area contributed by atoms with Crippen LogP contribution in [0, 0.1) is 0 Å². The van der Waals surface area contributed by atoms with Gasteiger partial charge in [0.15, 0.2) is 6.61 Å².